The molecule has 0 spiro atoms. The highest BCUT2D eigenvalue weighted by atomic mass is 35.5. The van der Waals surface area contributed by atoms with E-state index < -0.39 is 5.97 Å². The van der Waals surface area contributed by atoms with E-state index in [0.717, 1.165) is 11.8 Å². The Bertz CT molecular complexity index is 368. The third kappa shape index (κ3) is 2.95. The third-order valence-electron chi connectivity index (χ3n) is 1.35. The molecule has 0 saturated carbocycles. The van der Waals surface area contributed by atoms with E-state index in [-0.39, 0.29) is 10.8 Å². The quantitative estimate of drug-likeness (QED) is 0.671. The maximum atomic E-state index is 10.3. The van der Waals surface area contributed by atoms with Gasteiger partial charge >= 0.3 is 5.97 Å². The lowest BCUT2D eigenvalue weighted by atomic mass is 10.4. The van der Waals surface area contributed by atoms with Crippen LogP contribution in [-0.4, -0.2) is 16.8 Å². The zero-order valence-electron chi connectivity index (χ0n) is 6.76. The second kappa shape index (κ2) is 5.12. The van der Waals surface area contributed by atoms with Crippen molar-refractivity contribution in [3.05, 3.63) is 27.2 Å². The van der Waals surface area contributed by atoms with Crippen molar-refractivity contribution in [1.82, 2.24) is 0 Å². The number of carbonyl (C=O) groups is 1. The SMILES string of the molecule is O=C(O)CSc1ccc(Cl)c(Cl)c1Cl. The van der Waals surface area contributed by atoms with Gasteiger partial charge in [0.1, 0.15) is 0 Å². The molecule has 0 aliphatic carbocycles. The van der Waals surface area contributed by atoms with Gasteiger partial charge < -0.3 is 5.11 Å². The third-order valence-corrected chi connectivity index (χ3v) is 3.80. The first kappa shape index (κ1) is 12.0. The second-order valence-electron chi connectivity index (χ2n) is 2.36. The number of hydrogen-bond donors (Lipinski definition) is 1. The van der Waals surface area contributed by atoms with Crippen LogP contribution in [0, 0.1) is 0 Å². The van der Waals surface area contributed by atoms with Crippen LogP contribution in [0.2, 0.25) is 15.1 Å². The minimum Gasteiger partial charge on any atom is -0.481 e. The Hall–Kier alpha value is -0.0900. The van der Waals surface area contributed by atoms with Crippen molar-refractivity contribution in [1.29, 1.82) is 0 Å². The Morgan fingerprint density at radius 3 is 2.50 bits per heavy atom. The Kier molecular flexibility index (Phi) is 4.38. The number of hydrogen-bond acceptors (Lipinski definition) is 2. The summed E-state index contributed by atoms with van der Waals surface area (Å²) in [7, 11) is 0. The summed E-state index contributed by atoms with van der Waals surface area (Å²) in [6.07, 6.45) is 0. The smallest absolute Gasteiger partial charge is 0.313 e. The molecule has 0 atom stereocenters. The highest BCUT2D eigenvalue weighted by molar-refractivity contribution is 8.00. The van der Waals surface area contributed by atoms with E-state index in [1.54, 1.807) is 12.1 Å². The van der Waals surface area contributed by atoms with Crippen LogP contribution in [0.4, 0.5) is 0 Å². The number of benzene rings is 1. The summed E-state index contributed by atoms with van der Waals surface area (Å²) in [5.74, 6) is -0.963. The van der Waals surface area contributed by atoms with Crippen molar-refractivity contribution >= 4 is 52.5 Å². The minimum absolute atomic E-state index is 0.0579. The molecular weight excluding hydrogens is 267 g/mol. The normalized spacial score (nSPS) is 10.2. The first-order valence-corrected chi connectivity index (χ1v) is 5.62. The van der Waals surface area contributed by atoms with Crippen LogP contribution in [0.5, 0.6) is 0 Å². The summed E-state index contributed by atoms with van der Waals surface area (Å²) < 4.78 is 0. The van der Waals surface area contributed by atoms with Crippen molar-refractivity contribution in [3.63, 3.8) is 0 Å². The molecule has 0 aromatic heterocycles. The highest BCUT2D eigenvalue weighted by Crippen LogP contribution is 2.37. The topological polar surface area (TPSA) is 37.3 Å². The van der Waals surface area contributed by atoms with Gasteiger partial charge in [-0.1, -0.05) is 34.8 Å². The molecule has 0 bridgehead atoms. The van der Waals surface area contributed by atoms with Crippen LogP contribution in [0.25, 0.3) is 0 Å². The number of thioether (sulfide) groups is 1. The molecule has 14 heavy (non-hydrogen) atoms. The fourth-order valence-corrected chi connectivity index (χ4v) is 2.19. The van der Waals surface area contributed by atoms with Crippen LogP contribution >= 0.6 is 46.6 Å². The van der Waals surface area contributed by atoms with Gasteiger partial charge in [0.15, 0.2) is 0 Å². The molecule has 1 aromatic carbocycles. The lowest BCUT2D eigenvalue weighted by Crippen LogP contribution is -1.97. The zero-order chi connectivity index (χ0) is 10.7. The van der Waals surface area contributed by atoms with Gasteiger partial charge in [-0.15, -0.1) is 11.8 Å². The summed E-state index contributed by atoms with van der Waals surface area (Å²) >= 11 is 18.4. The van der Waals surface area contributed by atoms with Crippen molar-refractivity contribution in [2.24, 2.45) is 0 Å². The minimum atomic E-state index is -0.905. The Labute approximate surface area is 100 Å². The predicted molar refractivity (Wildman–Crippen MR) is 59.8 cm³/mol. The van der Waals surface area contributed by atoms with Gasteiger partial charge in [-0.25, -0.2) is 0 Å². The molecule has 0 amide bonds. The molecule has 76 valence electrons. The summed E-state index contributed by atoms with van der Waals surface area (Å²) in [5, 5.41) is 9.37. The fraction of sp³-hybridized carbons (Fsp3) is 0.125. The number of carboxylic acid groups (broad SMARTS) is 1. The van der Waals surface area contributed by atoms with Crippen LogP contribution in [0.3, 0.4) is 0 Å². The Balaban J connectivity index is 2.88. The molecule has 0 heterocycles. The second-order valence-corrected chi connectivity index (χ2v) is 4.54. The number of rotatable bonds is 3. The zero-order valence-corrected chi connectivity index (χ0v) is 9.84. The molecule has 0 saturated heterocycles. The molecule has 1 N–H and O–H groups in total. The van der Waals surface area contributed by atoms with E-state index in [0.29, 0.717) is 14.9 Å². The molecule has 0 unspecified atom stereocenters. The van der Waals surface area contributed by atoms with Crippen LogP contribution in [-0.2, 0) is 4.79 Å². The van der Waals surface area contributed by atoms with Crippen LogP contribution in [0.1, 0.15) is 0 Å². The van der Waals surface area contributed by atoms with Crippen LogP contribution in [0.15, 0.2) is 17.0 Å². The summed E-state index contributed by atoms with van der Waals surface area (Å²) in [4.78, 5) is 10.9. The molecule has 1 aromatic rings. The van der Waals surface area contributed by atoms with Gasteiger partial charge in [-0.2, -0.15) is 0 Å². The summed E-state index contributed by atoms with van der Waals surface area (Å²) in [6, 6.07) is 3.23. The number of halogens is 3. The van der Waals surface area contributed by atoms with Crippen molar-refractivity contribution < 1.29 is 9.90 Å². The molecule has 0 aliphatic rings. The van der Waals surface area contributed by atoms with Gasteiger partial charge in [0.25, 0.3) is 0 Å². The maximum Gasteiger partial charge on any atom is 0.313 e. The van der Waals surface area contributed by atoms with Crippen molar-refractivity contribution in [3.8, 4) is 0 Å². The predicted octanol–water partition coefficient (Wildman–Crippen LogP) is 3.82. The number of carboxylic acids is 1. The van der Waals surface area contributed by atoms with Gasteiger partial charge in [0.2, 0.25) is 0 Å². The molecule has 2 nitrogen and oxygen atoms in total. The maximum absolute atomic E-state index is 10.3. The highest BCUT2D eigenvalue weighted by Gasteiger charge is 2.10. The van der Waals surface area contributed by atoms with Gasteiger partial charge in [-0.05, 0) is 12.1 Å². The lowest BCUT2D eigenvalue weighted by molar-refractivity contribution is -0.133. The molecule has 0 fully saturated rings. The number of aliphatic carboxylic acids is 1. The Morgan fingerprint density at radius 1 is 1.29 bits per heavy atom. The summed E-state index contributed by atoms with van der Waals surface area (Å²) in [5.41, 5.74) is 0. The van der Waals surface area contributed by atoms with E-state index in [1.807, 2.05) is 0 Å². The standard InChI is InChI=1S/C8H5Cl3O2S/c9-4-1-2-5(8(11)7(4)10)14-3-6(12)13/h1-2H,3H2,(H,12,13). The molecule has 0 radical (unpaired) electrons. The molecular formula is C8H5Cl3O2S. The fourth-order valence-electron chi connectivity index (χ4n) is 0.759. The largest absolute Gasteiger partial charge is 0.481 e. The van der Waals surface area contributed by atoms with E-state index in [4.69, 9.17) is 39.9 Å². The van der Waals surface area contributed by atoms with E-state index >= 15 is 0 Å². The van der Waals surface area contributed by atoms with Gasteiger partial charge in [0.05, 0.1) is 20.8 Å². The van der Waals surface area contributed by atoms with Gasteiger partial charge in [0, 0.05) is 4.90 Å². The monoisotopic (exact) mass is 270 g/mol. The molecule has 1 rings (SSSR count). The van der Waals surface area contributed by atoms with E-state index in [9.17, 15) is 4.79 Å². The molecule has 6 heteroatoms. The average molecular weight is 272 g/mol. The summed E-state index contributed by atoms with van der Waals surface area (Å²) in [6.45, 7) is 0. The van der Waals surface area contributed by atoms with Crippen molar-refractivity contribution in [2.45, 2.75) is 4.90 Å². The van der Waals surface area contributed by atoms with Gasteiger partial charge in [-0.3, -0.25) is 4.79 Å². The lowest BCUT2D eigenvalue weighted by Gasteiger charge is -2.04. The average Bonchev–Trinajstić information content (AvgIpc) is 2.13. The Morgan fingerprint density at radius 2 is 1.93 bits per heavy atom. The first-order valence-electron chi connectivity index (χ1n) is 3.50. The molecule has 0 aliphatic heterocycles. The first-order chi connectivity index (χ1) is 6.52. The van der Waals surface area contributed by atoms with E-state index in [1.165, 1.54) is 0 Å². The van der Waals surface area contributed by atoms with E-state index in [2.05, 4.69) is 0 Å². The van der Waals surface area contributed by atoms with Crippen molar-refractivity contribution in [2.75, 3.05) is 5.75 Å². The van der Waals surface area contributed by atoms with Crippen LogP contribution < -0.4 is 0 Å².